The van der Waals surface area contributed by atoms with Crippen LogP contribution in [0, 0.1) is 0 Å². The molecule has 3 aromatic rings. The van der Waals surface area contributed by atoms with Crippen molar-refractivity contribution in [2.45, 2.75) is 17.2 Å². The molecule has 0 saturated carbocycles. The maximum absolute atomic E-state index is 11.8. The first-order chi connectivity index (χ1) is 10.8. The molecule has 0 saturated heterocycles. The monoisotopic (exact) mass is 328 g/mol. The highest BCUT2D eigenvalue weighted by Crippen LogP contribution is 2.29. The highest BCUT2D eigenvalue weighted by atomic mass is 32.2. The van der Waals surface area contributed by atoms with Gasteiger partial charge in [0.2, 0.25) is 5.91 Å². The second-order valence-electron chi connectivity index (χ2n) is 4.81. The quantitative estimate of drug-likeness (QED) is 0.522. The van der Waals surface area contributed by atoms with E-state index in [0.29, 0.717) is 6.42 Å². The van der Waals surface area contributed by atoms with Crippen LogP contribution in [0.5, 0.6) is 0 Å². The van der Waals surface area contributed by atoms with Gasteiger partial charge in [0.1, 0.15) is 0 Å². The molecular weight excluding hydrogens is 312 g/mol. The van der Waals surface area contributed by atoms with Crippen LogP contribution in [-0.4, -0.2) is 16.6 Å². The molecule has 2 aromatic carbocycles. The number of amides is 1. The molecule has 0 bridgehead atoms. The van der Waals surface area contributed by atoms with Gasteiger partial charge in [-0.2, -0.15) is 0 Å². The van der Waals surface area contributed by atoms with Crippen LogP contribution < -0.4 is 5.32 Å². The molecule has 3 nitrogen and oxygen atoms in total. The molecule has 1 aromatic heterocycles. The van der Waals surface area contributed by atoms with Gasteiger partial charge in [-0.15, -0.1) is 11.3 Å². The van der Waals surface area contributed by atoms with Gasteiger partial charge in [-0.05, 0) is 30.7 Å². The van der Waals surface area contributed by atoms with E-state index in [1.807, 2.05) is 48.5 Å². The predicted octanol–water partition coefficient (Wildman–Crippen LogP) is 4.81. The lowest BCUT2D eigenvalue weighted by molar-refractivity contribution is -0.116. The standard InChI is InChI=1S/C17H16N2OS2/c20-16(18-13-7-2-1-3-8-13)11-6-12-21-17-19-14-9-4-5-10-15(14)22-17/h1-5,7-10H,6,11-12H2,(H,18,20). The van der Waals surface area contributed by atoms with Crippen LogP contribution >= 0.6 is 23.1 Å². The van der Waals surface area contributed by atoms with Gasteiger partial charge in [0.05, 0.1) is 10.2 Å². The van der Waals surface area contributed by atoms with Crippen LogP contribution in [0.2, 0.25) is 0 Å². The summed E-state index contributed by atoms with van der Waals surface area (Å²) in [6.45, 7) is 0. The first-order valence-electron chi connectivity index (χ1n) is 7.14. The lowest BCUT2D eigenvalue weighted by Gasteiger charge is -2.04. The first kappa shape index (κ1) is 15.1. The summed E-state index contributed by atoms with van der Waals surface area (Å²) in [5, 5.41) is 2.90. The van der Waals surface area contributed by atoms with Crippen molar-refractivity contribution in [2.75, 3.05) is 11.1 Å². The Morgan fingerprint density at radius 3 is 2.68 bits per heavy atom. The number of nitrogens with one attached hydrogen (secondary N) is 1. The molecule has 0 aliphatic carbocycles. The Kier molecular flexibility index (Phi) is 5.08. The van der Waals surface area contributed by atoms with Gasteiger partial charge in [-0.3, -0.25) is 4.79 Å². The predicted molar refractivity (Wildman–Crippen MR) is 94.6 cm³/mol. The summed E-state index contributed by atoms with van der Waals surface area (Å²) in [6.07, 6.45) is 1.38. The maximum Gasteiger partial charge on any atom is 0.224 e. The van der Waals surface area contributed by atoms with Crippen LogP contribution in [0.3, 0.4) is 0 Å². The van der Waals surface area contributed by atoms with E-state index in [1.54, 1.807) is 23.1 Å². The van der Waals surface area contributed by atoms with Gasteiger partial charge in [-0.25, -0.2) is 4.98 Å². The number of thiazole rings is 1. The molecular formula is C17H16N2OS2. The summed E-state index contributed by atoms with van der Waals surface area (Å²) in [6, 6.07) is 17.7. The Labute approximate surface area is 137 Å². The number of hydrogen-bond donors (Lipinski definition) is 1. The molecule has 3 rings (SSSR count). The zero-order valence-electron chi connectivity index (χ0n) is 12.0. The van der Waals surface area contributed by atoms with Crippen molar-refractivity contribution < 1.29 is 4.79 Å². The van der Waals surface area contributed by atoms with Crippen molar-refractivity contribution >= 4 is 44.9 Å². The van der Waals surface area contributed by atoms with Gasteiger partial charge >= 0.3 is 0 Å². The molecule has 1 N–H and O–H groups in total. The van der Waals surface area contributed by atoms with Crippen molar-refractivity contribution in [1.29, 1.82) is 0 Å². The topological polar surface area (TPSA) is 42.0 Å². The molecule has 0 spiro atoms. The van der Waals surface area contributed by atoms with Crippen LogP contribution in [0.4, 0.5) is 5.69 Å². The second kappa shape index (κ2) is 7.42. The molecule has 0 aliphatic heterocycles. The number of nitrogens with zero attached hydrogens (tertiary/aromatic N) is 1. The summed E-state index contributed by atoms with van der Waals surface area (Å²) >= 11 is 3.43. The smallest absolute Gasteiger partial charge is 0.224 e. The first-order valence-corrected chi connectivity index (χ1v) is 8.95. The number of hydrogen-bond acceptors (Lipinski definition) is 4. The molecule has 0 aliphatic rings. The maximum atomic E-state index is 11.8. The molecule has 1 amide bonds. The molecule has 0 unspecified atom stereocenters. The number of fused-ring (bicyclic) bond motifs is 1. The Balaban J connectivity index is 1.42. The Bertz CT molecular complexity index is 722. The largest absolute Gasteiger partial charge is 0.326 e. The number of carbonyl (C=O) groups excluding carboxylic acids is 1. The van der Waals surface area contributed by atoms with Crippen LogP contribution in [0.25, 0.3) is 10.2 Å². The molecule has 0 atom stereocenters. The fourth-order valence-electron chi connectivity index (χ4n) is 2.05. The average molecular weight is 328 g/mol. The second-order valence-corrected chi connectivity index (χ2v) is 7.19. The summed E-state index contributed by atoms with van der Waals surface area (Å²) in [4.78, 5) is 16.4. The van der Waals surface area contributed by atoms with Crippen molar-refractivity contribution in [3.63, 3.8) is 0 Å². The minimum Gasteiger partial charge on any atom is -0.326 e. The van der Waals surface area contributed by atoms with Gasteiger partial charge < -0.3 is 5.32 Å². The molecule has 1 heterocycles. The van der Waals surface area contributed by atoms with E-state index in [-0.39, 0.29) is 5.91 Å². The Morgan fingerprint density at radius 2 is 1.86 bits per heavy atom. The average Bonchev–Trinajstić information content (AvgIpc) is 2.95. The van der Waals surface area contributed by atoms with Crippen LogP contribution in [-0.2, 0) is 4.79 Å². The van der Waals surface area contributed by atoms with Crippen LogP contribution in [0.1, 0.15) is 12.8 Å². The number of para-hydroxylation sites is 2. The summed E-state index contributed by atoms with van der Waals surface area (Å²) < 4.78 is 2.29. The lowest BCUT2D eigenvalue weighted by Crippen LogP contribution is -2.11. The van der Waals surface area contributed by atoms with E-state index in [9.17, 15) is 4.79 Å². The van der Waals surface area contributed by atoms with E-state index >= 15 is 0 Å². The number of carbonyl (C=O) groups is 1. The highest BCUT2D eigenvalue weighted by molar-refractivity contribution is 8.01. The zero-order valence-corrected chi connectivity index (χ0v) is 13.6. The third kappa shape index (κ3) is 4.08. The van der Waals surface area contributed by atoms with Crippen molar-refractivity contribution in [3.05, 3.63) is 54.6 Å². The van der Waals surface area contributed by atoms with E-state index in [1.165, 1.54) is 4.70 Å². The van der Waals surface area contributed by atoms with Gasteiger partial charge in [0, 0.05) is 17.9 Å². The van der Waals surface area contributed by atoms with Crippen molar-refractivity contribution in [2.24, 2.45) is 0 Å². The third-order valence-corrected chi connectivity index (χ3v) is 5.37. The van der Waals surface area contributed by atoms with Gasteiger partial charge in [0.15, 0.2) is 4.34 Å². The van der Waals surface area contributed by atoms with Crippen molar-refractivity contribution in [3.8, 4) is 0 Å². The normalized spacial score (nSPS) is 10.7. The van der Waals surface area contributed by atoms with Crippen LogP contribution in [0.15, 0.2) is 58.9 Å². The Morgan fingerprint density at radius 1 is 1.09 bits per heavy atom. The molecule has 0 radical (unpaired) electrons. The van der Waals surface area contributed by atoms with Crippen molar-refractivity contribution in [1.82, 2.24) is 4.98 Å². The molecule has 22 heavy (non-hydrogen) atoms. The number of rotatable bonds is 6. The number of aromatic nitrogens is 1. The fraction of sp³-hybridized carbons (Fsp3) is 0.176. The summed E-state index contributed by atoms with van der Waals surface area (Å²) in [5.41, 5.74) is 1.91. The number of benzene rings is 2. The summed E-state index contributed by atoms with van der Waals surface area (Å²) in [5.74, 6) is 0.971. The molecule has 5 heteroatoms. The lowest BCUT2D eigenvalue weighted by atomic mass is 10.3. The summed E-state index contributed by atoms with van der Waals surface area (Å²) in [7, 11) is 0. The van der Waals surface area contributed by atoms with E-state index in [2.05, 4.69) is 16.4 Å². The van der Waals surface area contributed by atoms with E-state index in [0.717, 1.165) is 27.7 Å². The number of anilines is 1. The Hall–Kier alpha value is -1.85. The van der Waals surface area contributed by atoms with Gasteiger partial charge in [-0.1, -0.05) is 42.1 Å². The molecule has 0 fully saturated rings. The third-order valence-electron chi connectivity index (χ3n) is 3.11. The SMILES string of the molecule is O=C(CCCSc1nc2ccccc2s1)Nc1ccccc1. The van der Waals surface area contributed by atoms with E-state index < -0.39 is 0 Å². The van der Waals surface area contributed by atoms with Gasteiger partial charge in [0.25, 0.3) is 0 Å². The zero-order chi connectivity index (χ0) is 15.2. The molecule has 112 valence electrons. The van der Waals surface area contributed by atoms with E-state index in [4.69, 9.17) is 0 Å². The minimum atomic E-state index is 0.0658. The minimum absolute atomic E-state index is 0.0658. The fourth-order valence-corrected chi connectivity index (χ4v) is 4.13. The highest BCUT2D eigenvalue weighted by Gasteiger charge is 2.05. The number of thioether (sulfide) groups is 1.